The van der Waals surface area contributed by atoms with Crippen molar-refractivity contribution in [1.82, 2.24) is 15.2 Å². The van der Waals surface area contributed by atoms with Crippen LogP contribution in [-0.4, -0.2) is 47.5 Å². The minimum Gasteiger partial charge on any atom is -0.468 e. The van der Waals surface area contributed by atoms with Crippen LogP contribution in [0.15, 0.2) is 72.8 Å². The lowest BCUT2D eigenvalue weighted by atomic mass is 10.0. The number of nitrogens with zero attached hydrogens (tertiary/aromatic N) is 2. The van der Waals surface area contributed by atoms with Gasteiger partial charge in [0.05, 0.1) is 18.2 Å². The lowest BCUT2D eigenvalue weighted by molar-refractivity contribution is -0.146. The smallest absolute Gasteiger partial charge is 0.323 e. The van der Waals surface area contributed by atoms with Crippen LogP contribution in [0.3, 0.4) is 0 Å². The lowest BCUT2D eigenvalue weighted by Gasteiger charge is -2.22. The summed E-state index contributed by atoms with van der Waals surface area (Å²) in [6, 6.07) is 23.8. The van der Waals surface area contributed by atoms with Crippen molar-refractivity contribution >= 4 is 33.6 Å². The molecule has 1 N–H and O–H groups in total. The number of esters is 1. The molecule has 36 heavy (non-hydrogen) atoms. The number of hydrogen-bond donors (Lipinski definition) is 1. The first-order valence-corrected chi connectivity index (χ1v) is 12.6. The molecule has 1 amide bonds. The summed E-state index contributed by atoms with van der Waals surface area (Å²) in [5, 5.41) is 6.43. The van der Waals surface area contributed by atoms with E-state index in [1.807, 2.05) is 42.5 Å². The number of pyridine rings is 1. The molecule has 1 saturated carbocycles. The maximum Gasteiger partial charge on any atom is 0.323 e. The van der Waals surface area contributed by atoms with Gasteiger partial charge < -0.3 is 10.1 Å². The Bertz CT molecular complexity index is 1460. The molecule has 2 heterocycles. The lowest BCUT2D eigenvalue weighted by Crippen LogP contribution is -2.37. The second-order valence-corrected chi connectivity index (χ2v) is 9.94. The van der Waals surface area contributed by atoms with Crippen LogP contribution in [0.4, 0.5) is 0 Å². The molecule has 6 nitrogen and oxygen atoms in total. The molecule has 0 radical (unpaired) electrons. The van der Waals surface area contributed by atoms with Gasteiger partial charge in [-0.1, -0.05) is 54.6 Å². The molecule has 4 aromatic rings. The molecule has 6 heteroatoms. The zero-order chi connectivity index (χ0) is 24.6. The third-order valence-electron chi connectivity index (χ3n) is 7.39. The number of nitrogens with one attached hydrogen (secondary N) is 1. The third kappa shape index (κ3) is 4.44. The maximum atomic E-state index is 13.5. The summed E-state index contributed by atoms with van der Waals surface area (Å²) in [4.78, 5) is 33.0. The van der Waals surface area contributed by atoms with E-state index < -0.39 is 6.04 Å². The topological polar surface area (TPSA) is 71.5 Å². The second-order valence-electron chi connectivity index (χ2n) is 9.94. The fourth-order valence-electron chi connectivity index (χ4n) is 5.37. The van der Waals surface area contributed by atoms with Gasteiger partial charge in [-0.3, -0.25) is 19.5 Å². The molecule has 0 bridgehead atoms. The van der Waals surface area contributed by atoms with Crippen molar-refractivity contribution < 1.29 is 14.3 Å². The molecule has 6 rings (SSSR count). The zero-order valence-electron chi connectivity index (χ0n) is 20.3. The number of rotatable bonds is 6. The third-order valence-corrected chi connectivity index (χ3v) is 7.39. The van der Waals surface area contributed by atoms with E-state index in [1.165, 1.54) is 17.9 Å². The monoisotopic (exact) mass is 479 g/mol. The fraction of sp³-hybridized carbons (Fsp3) is 0.300. The molecule has 2 fully saturated rings. The van der Waals surface area contributed by atoms with Gasteiger partial charge >= 0.3 is 5.97 Å². The summed E-state index contributed by atoms with van der Waals surface area (Å²) in [5.41, 5.74) is 3.63. The molecule has 2 atom stereocenters. The molecule has 0 spiro atoms. The van der Waals surface area contributed by atoms with Gasteiger partial charge in [0.1, 0.15) is 6.04 Å². The van der Waals surface area contributed by atoms with Gasteiger partial charge in [0.15, 0.2) is 0 Å². The van der Waals surface area contributed by atoms with Crippen LogP contribution >= 0.6 is 0 Å². The Hall–Kier alpha value is -3.77. The van der Waals surface area contributed by atoms with Crippen molar-refractivity contribution in [3.05, 3.63) is 89.6 Å². The molecule has 3 aromatic carbocycles. The average molecular weight is 480 g/mol. The minimum atomic E-state index is -0.400. The fourth-order valence-corrected chi connectivity index (χ4v) is 5.37. The number of aromatic nitrogens is 1. The van der Waals surface area contributed by atoms with Gasteiger partial charge in [0.25, 0.3) is 5.91 Å². The molecular formula is C30H29N3O3. The highest BCUT2D eigenvalue weighted by molar-refractivity contribution is 6.06. The van der Waals surface area contributed by atoms with Gasteiger partial charge in [0, 0.05) is 36.1 Å². The zero-order valence-corrected chi connectivity index (χ0v) is 20.3. The van der Waals surface area contributed by atoms with Crippen molar-refractivity contribution in [2.75, 3.05) is 13.7 Å². The molecule has 182 valence electrons. The first-order chi connectivity index (χ1) is 17.6. The molecule has 1 aliphatic heterocycles. The number of benzene rings is 3. The van der Waals surface area contributed by atoms with E-state index in [2.05, 4.69) is 40.5 Å². The van der Waals surface area contributed by atoms with E-state index in [1.54, 1.807) is 0 Å². The average Bonchev–Trinajstić information content (AvgIpc) is 3.69. The van der Waals surface area contributed by atoms with E-state index >= 15 is 0 Å². The van der Waals surface area contributed by atoms with Crippen molar-refractivity contribution in [3.8, 4) is 0 Å². The summed E-state index contributed by atoms with van der Waals surface area (Å²) in [5.74, 6) is 0.0726. The van der Waals surface area contributed by atoms with Crippen molar-refractivity contribution in [3.63, 3.8) is 0 Å². The number of fused-ring (bicyclic) bond motifs is 2. The number of carbonyl (C=O) groups is 2. The second kappa shape index (κ2) is 9.36. The number of amides is 1. The van der Waals surface area contributed by atoms with Gasteiger partial charge in [-0.05, 0) is 53.8 Å². The first kappa shape index (κ1) is 22.7. The molecule has 0 unspecified atom stereocenters. The van der Waals surface area contributed by atoms with E-state index in [-0.39, 0.29) is 17.9 Å². The summed E-state index contributed by atoms with van der Waals surface area (Å²) >= 11 is 0. The SMILES string of the molecule is COC(=O)[C@@H]1C[C@H](NC(=O)c2cc(C3CC3)nc3ccccc23)CN1Cc1ccc2ccccc2c1. The molecule has 1 aliphatic carbocycles. The molecule has 2 aliphatic rings. The quantitative estimate of drug-likeness (QED) is 0.402. The standard InChI is InChI=1S/C30H29N3O3/c1-36-30(35)28-15-23(18-33(28)17-19-10-11-20-6-2-3-7-22(20)14-19)31-29(34)25-16-27(21-12-13-21)32-26-9-5-4-8-24(25)26/h2-11,14,16,21,23,28H,12-13,15,17-18H2,1H3,(H,31,34)/t23-,28-/m0/s1. The minimum absolute atomic E-state index is 0.114. The van der Waals surface area contributed by atoms with Crippen LogP contribution in [-0.2, 0) is 16.1 Å². The summed E-state index contributed by atoms with van der Waals surface area (Å²) in [7, 11) is 1.42. The van der Waals surface area contributed by atoms with Gasteiger partial charge in [-0.2, -0.15) is 0 Å². The normalized spacial score (nSPS) is 20.0. The Kier molecular flexibility index (Phi) is 5.89. The number of para-hydroxylation sites is 1. The van der Waals surface area contributed by atoms with E-state index in [4.69, 9.17) is 9.72 Å². The number of methoxy groups -OCH3 is 1. The molecular weight excluding hydrogens is 450 g/mol. The van der Waals surface area contributed by atoms with Crippen LogP contribution < -0.4 is 5.32 Å². The highest BCUT2D eigenvalue weighted by atomic mass is 16.5. The van der Waals surface area contributed by atoms with Crippen LogP contribution in [0.25, 0.3) is 21.7 Å². The van der Waals surface area contributed by atoms with Gasteiger partial charge in [-0.15, -0.1) is 0 Å². The predicted octanol–water partition coefficient (Wildman–Crippen LogP) is 4.81. The summed E-state index contributed by atoms with van der Waals surface area (Å²) in [6.45, 7) is 1.19. The van der Waals surface area contributed by atoms with E-state index in [0.717, 1.165) is 35.0 Å². The van der Waals surface area contributed by atoms with Gasteiger partial charge in [-0.25, -0.2) is 0 Å². The van der Waals surface area contributed by atoms with Crippen LogP contribution in [0.5, 0.6) is 0 Å². The Morgan fingerprint density at radius 1 is 1.00 bits per heavy atom. The van der Waals surface area contributed by atoms with Crippen molar-refractivity contribution in [2.45, 2.75) is 43.8 Å². The van der Waals surface area contributed by atoms with E-state index in [0.29, 0.717) is 31.0 Å². The summed E-state index contributed by atoms with van der Waals surface area (Å²) in [6.07, 6.45) is 2.77. The number of carbonyl (C=O) groups excluding carboxylic acids is 2. The first-order valence-electron chi connectivity index (χ1n) is 12.6. The Morgan fingerprint density at radius 3 is 2.58 bits per heavy atom. The maximum absolute atomic E-state index is 13.5. The number of ether oxygens (including phenoxy) is 1. The van der Waals surface area contributed by atoms with Crippen molar-refractivity contribution in [1.29, 1.82) is 0 Å². The highest BCUT2D eigenvalue weighted by Crippen LogP contribution is 2.40. The number of hydrogen-bond acceptors (Lipinski definition) is 5. The highest BCUT2D eigenvalue weighted by Gasteiger charge is 2.38. The summed E-state index contributed by atoms with van der Waals surface area (Å²) < 4.78 is 5.12. The van der Waals surface area contributed by atoms with Crippen LogP contribution in [0, 0.1) is 0 Å². The largest absolute Gasteiger partial charge is 0.468 e. The Balaban J connectivity index is 1.23. The van der Waals surface area contributed by atoms with Crippen LogP contribution in [0.1, 0.15) is 46.8 Å². The predicted molar refractivity (Wildman–Crippen MR) is 140 cm³/mol. The Labute approximate surface area is 210 Å². The van der Waals surface area contributed by atoms with Gasteiger partial charge in [0.2, 0.25) is 0 Å². The Morgan fingerprint density at radius 2 is 1.78 bits per heavy atom. The van der Waals surface area contributed by atoms with E-state index in [9.17, 15) is 9.59 Å². The number of likely N-dealkylation sites (tertiary alicyclic amines) is 1. The van der Waals surface area contributed by atoms with Crippen molar-refractivity contribution in [2.24, 2.45) is 0 Å². The molecule has 1 aromatic heterocycles. The molecule has 1 saturated heterocycles. The van der Waals surface area contributed by atoms with Crippen LogP contribution in [0.2, 0.25) is 0 Å².